The maximum atomic E-state index is 13.1. The zero-order valence-electron chi connectivity index (χ0n) is 22.7. The van der Waals surface area contributed by atoms with Crippen LogP contribution >= 0.6 is 0 Å². The third-order valence-electron chi connectivity index (χ3n) is 5.16. The van der Waals surface area contributed by atoms with Crippen LogP contribution in [0.1, 0.15) is 32.3 Å². The minimum atomic E-state index is -1.50. The number of nitrogens with two attached hydrogens (primary N) is 1. The van der Waals surface area contributed by atoms with Crippen molar-refractivity contribution in [2.75, 3.05) is 25.0 Å². The lowest BCUT2D eigenvalue weighted by molar-refractivity contribution is -0.134. The fraction of sp³-hybridized carbons (Fsp3) is 0.440. The number of rotatable bonds is 16. The van der Waals surface area contributed by atoms with Gasteiger partial charge in [0.15, 0.2) is 6.61 Å². The molecular weight excluding hydrogens is 542 g/mol. The van der Waals surface area contributed by atoms with Gasteiger partial charge >= 0.3 is 18.2 Å². The number of terminal acetylenes is 1. The molecule has 0 aliphatic carbocycles. The highest BCUT2D eigenvalue weighted by atomic mass is 16.7. The van der Waals surface area contributed by atoms with Crippen molar-refractivity contribution >= 4 is 41.6 Å². The molecule has 2 atom stereocenters. The molecule has 1 aromatic rings. The maximum absolute atomic E-state index is 13.1. The summed E-state index contributed by atoms with van der Waals surface area (Å²) < 4.78 is 5.02. The van der Waals surface area contributed by atoms with Crippen LogP contribution in [0.15, 0.2) is 24.3 Å². The molecule has 9 N–H and O–H groups in total. The number of urea groups is 1. The normalized spacial score (nSPS) is 11.7. The molecule has 1 rings (SSSR count). The lowest BCUT2D eigenvalue weighted by atomic mass is 10.0. The van der Waals surface area contributed by atoms with Crippen molar-refractivity contribution in [3.05, 3.63) is 29.8 Å². The topological polar surface area (TPSA) is 239 Å². The lowest BCUT2D eigenvalue weighted by Crippen LogP contribution is -2.55. The van der Waals surface area contributed by atoms with Crippen molar-refractivity contribution in [3.63, 3.8) is 0 Å². The van der Waals surface area contributed by atoms with Crippen LogP contribution in [0.3, 0.4) is 0 Å². The van der Waals surface area contributed by atoms with Crippen molar-refractivity contribution in [1.82, 2.24) is 26.7 Å². The van der Waals surface area contributed by atoms with Crippen molar-refractivity contribution in [2.24, 2.45) is 11.7 Å². The lowest BCUT2D eigenvalue weighted by Gasteiger charge is -2.25. The van der Waals surface area contributed by atoms with Gasteiger partial charge in [-0.15, -0.1) is 6.42 Å². The minimum absolute atomic E-state index is 0.0308. The highest BCUT2D eigenvalue weighted by molar-refractivity contribution is 5.98. The first-order valence-electron chi connectivity index (χ1n) is 12.4. The Labute approximate surface area is 236 Å². The molecule has 16 nitrogen and oxygen atoms in total. The third kappa shape index (κ3) is 14.6. The van der Waals surface area contributed by atoms with Crippen LogP contribution in [0.5, 0.6) is 0 Å². The monoisotopic (exact) mass is 577 g/mol. The first-order chi connectivity index (χ1) is 19.4. The molecule has 0 aliphatic rings. The van der Waals surface area contributed by atoms with E-state index in [-0.39, 0.29) is 32.5 Å². The number of primary amides is 1. The number of ether oxygens (including phenoxy) is 1. The Hall–Kier alpha value is -5.04. The van der Waals surface area contributed by atoms with E-state index in [9.17, 15) is 28.8 Å². The van der Waals surface area contributed by atoms with E-state index in [2.05, 4.69) is 37.3 Å². The third-order valence-corrected chi connectivity index (χ3v) is 5.16. The Balaban J connectivity index is 2.86. The second-order valence-electron chi connectivity index (χ2n) is 8.80. The molecule has 1 aromatic carbocycles. The summed E-state index contributed by atoms with van der Waals surface area (Å²) in [4.78, 5) is 75.7. The summed E-state index contributed by atoms with van der Waals surface area (Å²) in [5.41, 5.74) is 7.67. The van der Waals surface area contributed by atoms with Crippen LogP contribution in [-0.2, 0) is 30.6 Å². The van der Waals surface area contributed by atoms with E-state index in [1.54, 1.807) is 43.6 Å². The van der Waals surface area contributed by atoms with E-state index in [1.807, 2.05) is 0 Å². The van der Waals surface area contributed by atoms with E-state index in [0.717, 1.165) is 0 Å². The molecule has 0 radical (unpaired) electrons. The molecule has 41 heavy (non-hydrogen) atoms. The predicted octanol–water partition coefficient (Wildman–Crippen LogP) is -0.242. The summed E-state index contributed by atoms with van der Waals surface area (Å²) in [5, 5.41) is 21.0. The smallest absolute Gasteiger partial charge is 0.428 e. The van der Waals surface area contributed by atoms with Crippen LogP contribution in [0.4, 0.5) is 20.1 Å². The quantitative estimate of drug-likeness (QED) is 0.0733. The summed E-state index contributed by atoms with van der Waals surface area (Å²) in [5.74, 6) is -0.165. The maximum Gasteiger partial charge on any atom is 0.428 e. The molecule has 0 aromatic heterocycles. The fourth-order valence-electron chi connectivity index (χ4n) is 3.20. The molecule has 0 bridgehead atoms. The van der Waals surface area contributed by atoms with Crippen LogP contribution < -0.4 is 37.8 Å². The SMILES string of the molecule is C#CCNC(=O)OCc1ccc(NC(=O)C(CCCNC(N)=O)NC(=O)C(NC(=O)CONC(=O)O)C(C)C)cc1. The van der Waals surface area contributed by atoms with Crippen molar-refractivity contribution < 1.29 is 43.4 Å². The average Bonchev–Trinajstić information content (AvgIpc) is 2.91. The molecule has 7 amide bonds. The first kappa shape index (κ1) is 34.0. The van der Waals surface area contributed by atoms with E-state index >= 15 is 0 Å². The Morgan fingerprint density at radius 1 is 1.02 bits per heavy atom. The van der Waals surface area contributed by atoms with Gasteiger partial charge in [-0.3, -0.25) is 19.2 Å². The van der Waals surface area contributed by atoms with E-state index < -0.39 is 60.5 Å². The fourth-order valence-corrected chi connectivity index (χ4v) is 3.20. The summed E-state index contributed by atoms with van der Waals surface area (Å²) in [7, 11) is 0. The van der Waals surface area contributed by atoms with Gasteiger partial charge in [0.1, 0.15) is 18.7 Å². The van der Waals surface area contributed by atoms with E-state index in [0.29, 0.717) is 11.3 Å². The number of hydroxylamine groups is 1. The number of carbonyl (C=O) groups is 6. The summed E-state index contributed by atoms with van der Waals surface area (Å²) >= 11 is 0. The van der Waals surface area contributed by atoms with Gasteiger partial charge < -0.3 is 42.2 Å². The number of carbonyl (C=O) groups excluding carboxylic acids is 5. The number of amides is 7. The Morgan fingerprint density at radius 3 is 2.29 bits per heavy atom. The average molecular weight is 578 g/mol. The van der Waals surface area contributed by atoms with Crippen LogP contribution in [0, 0.1) is 18.3 Å². The molecule has 0 saturated heterocycles. The second kappa shape index (κ2) is 18.3. The molecule has 0 heterocycles. The summed E-state index contributed by atoms with van der Waals surface area (Å²) in [6.07, 6.45) is 3.29. The van der Waals surface area contributed by atoms with E-state index in [4.69, 9.17) is 22.0 Å². The molecule has 0 fully saturated rings. The molecule has 0 aliphatic heterocycles. The van der Waals surface area contributed by atoms with Crippen LogP contribution in [0.25, 0.3) is 0 Å². The van der Waals surface area contributed by atoms with Crippen molar-refractivity contribution in [1.29, 1.82) is 0 Å². The minimum Gasteiger partial charge on any atom is -0.464 e. The van der Waals surface area contributed by atoms with E-state index in [1.165, 1.54) is 0 Å². The number of anilines is 1. The number of carboxylic acid groups (broad SMARTS) is 1. The van der Waals surface area contributed by atoms with Gasteiger partial charge in [0, 0.05) is 12.2 Å². The highest BCUT2D eigenvalue weighted by Gasteiger charge is 2.29. The van der Waals surface area contributed by atoms with Crippen LogP contribution in [-0.4, -0.2) is 72.8 Å². The molecule has 0 saturated carbocycles. The molecular formula is C25H35N7O9. The summed E-state index contributed by atoms with van der Waals surface area (Å²) in [6.45, 7) is 2.80. The first-order valence-corrected chi connectivity index (χ1v) is 12.4. The Bertz CT molecular complexity index is 1100. The number of hydrogen-bond donors (Lipinski definition) is 8. The van der Waals surface area contributed by atoms with Gasteiger partial charge in [0.25, 0.3) is 0 Å². The Morgan fingerprint density at radius 2 is 1.71 bits per heavy atom. The number of nitrogens with one attached hydrogen (secondary N) is 6. The number of hydrogen-bond acceptors (Lipinski definition) is 8. The zero-order valence-corrected chi connectivity index (χ0v) is 22.7. The van der Waals surface area contributed by atoms with Gasteiger partial charge in [0.2, 0.25) is 17.7 Å². The van der Waals surface area contributed by atoms with Gasteiger partial charge in [0.05, 0.1) is 6.54 Å². The predicted molar refractivity (Wildman–Crippen MR) is 145 cm³/mol. The standard InChI is InChI=1S/C25H35N7O9/c1-4-11-28-25(39)40-13-16-7-9-17(10-8-16)29-21(34)18(6-5-12-27-23(26)36)30-22(35)20(15(2)3)31-19(33)14-41-32-24(37)38/h1,7-10,15,18,20,32H,5-6,11-14H2,2-3H3,(H,28,39)(H,29,34)(H,30,35)(H,31,33)(H,37,38)(H3,26,27,36). The number of benzene rings is 1. The van der Waals surface area contributed by atoms with Crippen molar-refractivity contribution in [3.8, 4) is 12.3 Å². The second-order valence-corrected chi connectivity index (χ2v) is 8.80. The van der Waals surface area contributed by atoms with Crippen LogP contribution in [0.2, 0.25) is 0 Å². The number of alkyl carbamates (subject to hydrolysis) is 1. The van der Waals surface area contributed by atoms with Gasteiger partial charge in [-0.05, 0) is 36.5 Å². The highest BCUT2D eigenvalue weighted by Crippen LogP contribution is 2.12. The van der Waals surface area contributed by atoms with Gasteiger partial charge in [-0.2, -0.15) is 5.48 Å². The molecule has 2 unspecified atom stereocenters. The molecule has 0 spiro atoms. The Kier molecular flexibility index (Phi) is 15.2. The molecule has 224 valence electrons. The summed E-state index contributed by atoms with van der Waals surface area (Å²) in [6, 6.07) is 3.52. The van der Waals surface area contributed by atoms with Gasteiger partial charge in [-0.1, -0.05) is 31.9 Å². The largest absolute Gasteiger partial charge is 0.464 e. The van der Waals surface area contributed by atoms with Gasteiger partial charge in [-0.25, -0.2) is 14.4 Å². The van der Waals surface area contributed by atoms with Crippen molar-refractivity contribution in [2.45, 2.75) is 45.4 Å². The molecule has 16 heteroatoms. The zero-order chi connectivity index (χ0) is 30.8.